The third-order valence-corrected chi connectivity index (χ3v) is 4.11. The molecule has 0 saturated carbocycles. The van der Waals surface area contributed by atoms with Gasteiger partial charge in [-0.05, 0) is 45.1 Å². The third kappa shape index (κ3) is 4.16. The zero-order valence-corrected chi connectivity index (χ0v) is 14.7. The smallest absolute Gasteiger partial charge is 0.271 e. The monoisotopic (exact) mass is 376 g/mol. The summed E-state index contributed by atoms with van der Waals surface area (Å²) in [5.74, 6) is -0.313. The summed E-state index contributed by atoms with van der Waals surface area (Å²) < 4.78 is 0.586. The normalized spacial score (nSPS) is 11.1. The van der Waals surface area contributed by atoms with E-state index >= 15 is 0 Å². The molecule has 0 fully saturated rings. The number of hydrogen-bond donors (Lipinski definition) is 1. The lowest BCUT2D eigenvalue weighted by Gasteiger charge is -2.19. The second kappa shape index (κ2) is 6.50. The molecule has 6 heteroatoms. The standard InChI is InChI=1S/C17H17BrN2O3/c1-17(2,3)12-6-4-11(5-7-12)16(21)19-15-10-13(20(22)23)8-9-14(15)18/h4-10H,1-3H3,(H,19,21). The van der Waals surface area contributed by atoms with E-state index in [1.807, 2.05) is 12.1 Å². The van der Waals surface area contributed by atoms with Gasteiger partial charge in [0.15, 0.2) is 0 Å². The van der Waals surface area contributed by atoms with E-state index in [0.29, 0.717) is 15.7 Å². The van der Waals surface area contributed by atoms with Crippen molar-refractivity contribution < 1.29 is 9.72 Å². The van der Waals surface area contributed by atoms with Crippen molar-refractivity contribution in [3.63, 3.8) is 0 Å². The lowest BCUT2D eigenvalue weighted by molar-refractivity contribution is -0.384. The van der Waals surface area contributed by atoms with Crippen LogP contribution in [-0.2, 0) is 5.41 Å². The second-order valence-electron chi connectivity index (χ2n) is 6.20. The lowest BCUT2D eigenvalue weighted by Crippen LogP contribution is -2.14. The Morgan fingerprint density at radius 2 is 1.74 bits per heavy atom. The number of halogens is 1. The van der Waals surface area contributed by atoms with Crippen LogP contribution >= 0.6 is 15.9 Å². The van der Waals surface area contributed by atoms with Crippen molar-refractivity contribution in [3.8, 4) is 0 Å². The predicted molar refractivity (Wildman–Crippen MR) is 93.9 cm³/mol. The molecule has 0 unspecified atom stereocenters. The van der Waals surface area contributed by atoms with E-state index < -0.39 is 4.92 Å². The molecule has 0 radical (unpaired) electrons. The number of non-ortho nitro benzene ring substituents is 1. The largest absolute Gasteiger partial charge is 0.321 e. The molecule has 1 N–H and O–H groups in total. The Bertz CT molecular complexity index is 749. The molecule has 0 atom stereocenters. The summed E-state index contributed by atoms with van der Waals surface area (Å²) in [4.78, 5) is 22.6. The van der Waals surface area contributed by atoms with Gasteiger partial charge in [0.25, 0.3) is 11.6 Å². The maximum Gasteiger partial charge on any atom is 0.271 e. The van der Waals surface area contributed by atoms with Crippen LogP contribution in [0.2, 0.25) is 0 Å². The first-order valence-electron chi connectivity index (χ1n) is 7.04. The fourth-order valence-electron chi connectivity index (χ4n) is 2.04. The first-order chi connectivity index (χ1) is 10.7. The first-order valence-corrected chi connectivity index (χ1v) is 7.83. The Morgan fingerprint density at radius 1 is 1.13 bits per heavy atom. The van der Waals surface area contributed by atoms with E-state index in [2.05, 4.69) is 42.0 Å². The summed E-state index contributed by atoms with van der Waals surface area (Å²) in [6, 6.07) is 11.6. The number of carbonyl (C=O) groups is 1. The van der Waals surface area contributed by atoms with E-state index in [0.717, 1.165) is 5.56 Å². The zero-order valence-electron chi connectivity index (χ0n) is 13.1. The van der Waals surface area contributed by atoms with Gasteiger partial charge in [-0.3, -0.25) is 14.9 Å². The number of nitrogens with one attached hydrogen (secondary N) is 1. The van der Waals surface area contributed by atoms with Crippen LogP contribution in [-0.4, -0.2) is 10.8 Å². The minimum atomic E-state index is -0.500. The van der Waals surface area contributed by atoms with Crippen molar-refractivity contribution in [2.24, 2.45) is 0 Å². The molecule has 2 aromatic carbocycles. The summed E-state index contributed by atoms with van der Waals surface area (Å²) in [6.07, 6.45) is 0. The number of amides is 1. The van der Waals surface area contributed by atoms with Crippen molar-refractivity contribution in [1.82, 2.24) is 0 Å². The number of anilines is 1. The Hall–Kier alpha value is -2.21. The Labute approximate surface area is 143 Å². The summed E-state index contributed by atoms with van der Waals surface area (Å²) in [5, 5.41) is 13.5. The topological polar surface area (TPSA) is 72.2 Å². The highest BCUT2D eigenvalue weighted by atomic mass is 79.9. The van der Waals surface area contributed by atoms with Crippen LogP contribution in [0.5, 0.6) is 0 Å². The number of hydrogen-bond acceptors (Lipinski definition) is 3. The number of carbonyl (C=O) groups excluding carboxylic acids is 1. The number of nitro benzene ring substituents is 1. The van der Waals surface area contributed by atoms with Gasteiger partial charge in [0, 0.05) is 22.2 Å². The van der Waals surface area contributed by atoms with Gasteiger partial charge in [-0.1, -0.05) is 32.9 Å². The number of nitrogens with zero attached hydrogens (tertiary/aromatic N) is 1. The minimum Gasteiger partial charge on any atom is -0.321 e. The molecule has 0 spiro atoms. The van der Waals surface area contributed by atoms with Gasteiger partial charge in [-0.15, -0.1) is 0 Å². The van der Waals surface area contributed by atoms with Crippen LogP contribution in [0.4, 0.5) is 11.4 Å². The van der Waals surface area contributed by atoms with Crippen molar-refractivity contribution in [2.75, 3.05) is 5.32 Å². The summed E-state index contributed by atoms with van der Waals surface area (Å²) >= 11 is 3.28. The van der Waals surface area contributed by atoms with Gasteiger partial charge >= 0.3 is 0 Å². The third-order valence-electron chi connectivity index (χ3n) is 3.42. The number of nitro groups is 1. The number of benzene rings is 2. The molecule has 0 aliphatic carbocycles. The van der Waals surface area contributed by atoms with Crippen LogP contribution in [0.1, 0.15) is 36.7 Å². The highest BCUT2D eigenvalue weighted by Crippen LogP contribution is 2.28. The van der Waals surface area contributed by atoms with Gasteiger partial charge in [0.1, 0.15) is 0 Å². The molecule has 5 nitrogen and oxygen atoms in total. The summed E-state index contributed by atoms with van der Waals surface area (Å²) in [7, 11) is 0. The van der Waals surface area contributed by atoms with E-state index in [9.17, 15) is 14.9 Å². The number of rotatable bonds is 3. The van der Waals surface area contributed by atoms with Crippen molar-refractivity contribution in [2.45, 2.75) is 26.2 Å². The van der Waals surface area contributed by atoms with Crippen LogP contribution in [0.15, 0.2) is 46.9 Å². The van der Waals surface area contributed by atoms with Crippen LogP contribution < -0.4 is 5.32 Å². The van der Waals surface area contributed by atoms with Crippen molar-refractivity contribution >= 4 is 33.2 Å². The fourth-order valence-corrected chi connectivity index (χ4v) is 2.38. The SMILES string of the molecule is CC(C)(C)c1ccc(C(=O)Nc2cc([N+](=O)[O-])ccc2Br)cc1. The second-order valence-corrected chi connectivity index (χ2v) is 7.06. The average molecular weight is 377 g/mol. The molecule has 0 aliphatic rings. The Kier molecular flexibility index (Phi) is 4.85. The molecule has 120 valence electrons. The van der Waals surface area contributed by atoms with Gasteiger partial charge in [0.05, 0.1) is 10.6 Å². The minimum absolute atomic E-state index is 0.0120. The van der Waals surface area contributed by atoms with Crippen LogP contribution in [0, 0.1) is 10.1 Å². The highest BCUT2D eigenvalue weighted by molar-refractivity contribution is 9.10. The Morgan fingerprint density at radius 3 is 2.26 bits per heavy atom. The molecule has 0 aromatic heterocycles. The molecule has 23 heavy (non-hydrogen) atoms. The molecular weight excluding hydrogens is 360 g/mol. The molecule has 0 bridgehead atoms. The first kappa shape index (κ1) is 17.1. The van der Waals surface area contributed by atoms with Crippen LogP contribution in [0.3, 0.4) is 0 Å². The zero-order chi connectivity index (χ0) is 17.2. The summed E-state index contributed by atoms with van der Waals surface area (Å²) in [6.45, 7) is 6.30. The molecule has 1 amide bonds. The predicted octanol–water partition coefficient (Wildman–Crippen LogP) is 4.91. The fraction of sp³-hybridized carbons (Fsp3) is 0.235. The molecule has 0 aliphatic heterocycles. The van der Waals surface area contributed by atoms with Crippen LogP contribution in [0.25, 0.3) is 0 Å². The van der Waals surface area contributed by atoms with Gasteiger partial charge in [-0.2, -0.15) is 0 Å². The van der Waals surface area contributed by atoms with E-state index in [1.54, 1.807) is 12.1 Å². The average Bonchev–Trinajstić information content (AvgIpc) is 2.48. The van der Waals surface area contributed by atoms with Gasteiger partial charge in [-0.25, -0.2) is 0 Å². The van der Waals surface area contributed by atoms with Gasteiger partial charge in [0.2, 0.25) is 0 Å². The maximum atomic E-state index is 12.3. The lowest BCUT2D eigenvalue weighted by atomic mass is 9.87. The van der Waals surface area contributed by atoms with Gasteiger partial charge < -0.3 is 5.32 Å². The van der Waals surface area contributed by atoms with E-state index in [4.69, 9.17) is 0 Å². The highest BCUT2D eigenvalue weighted by Gasteiger charge is 2.16. The molecule has 0 heterocycles. The van der Waals surface area contributed by atoms with Crippen molar-refractivity contribution in [3.05, 3.63) is 68.2 Å². The summed E-state index contributed by atoms with van der Waals surface area (Å²) in [5.41, 5.74) is 1.93. The molecule has 0 saturated heterocycles. The quantitative estimate of drug-likeness (QED) is 0.610. The molecule has 2 aromatic rings. The molecular formula is C17H17BrN2O3. The maximum absolute atomic E-state index is 12.3. The van der Waals surface area contributed by atoms with E-state index in [1.165, 1.54) is 18.2 Å². The Balaban J connectivity index is 2.22. The molecule has 2 rings (SSSR count). The van der Waals surface area contributed by atoms with E-state index in [-0.39, 0.29) is 17.0 Å². The van der Waals surface area contributed by atoms with Crippen molar-refractivity contribution in [1.29, 1.82) is 0 Å².